The molecule has 1 fully saturated rings. The molecule has 0 atom stereocenters. The van der Waals surface area contributed by atoms with Crippen LogP contribution in [0.5, 0.6) is 0 Å². The standard InChI is InChI=1S/C11H18N4O2S/c1-8-9(18-11(12)14-8)10(16)13-2-3-15-4-6-17-7-5-15/h2-7H2,1H3,(H2,12,14)(H,13,16). The summed E-state index contributed by atoms with van der Waals surface area (Å²) in [5.41, 5.74) is 6.26. The van der Waals surface area contributed by atoms with Crippen molar-refractivity contribution >= 4 is 22.4 Å². The first kappa shape index (κ1) is 13.3. The lowest BCUT2D eigenvalue weighted by atomic mass is 10.3. The third kappa shape index (κ3) is 3.41. The average Bonchev–Trinajstić information content (AvgIpc) is 2.70. The summed E-state index contributed by atoms with van der Waals surface area (Å²) in [5.74, 6) is -0.0880. The number of carbonyl (C=O) groups excluding carboxylic acids is 1. The fourth-order valence-corrected chi connectivity index (χ4v) is 2.61. The number of aromatic nitrogens is 1. The number of nitrogen functional groups attached to an aromatic ring is 1. The lowest BCUT2D eigenvalue weighted by Gasteiger charge is -2.26. The minimum Gasteiger partial charge on any atom is -0.379 e. The van der Waals surface area contributed by atoms with E-state index < -0.39 is 0 Å². The Kier molecular flexibility index (Phi) is 4.51. The van der Waals surface area contributed by atoms with Gasteiger partial charge in [-0.15, -0.1) is 0 Å². The van der Waals surface area contributed by atoms with E-state index in [1.54, 1.807) is 6.92 Å². The van der Waals surface area contributed by atoms with Gasteiger partial charge in [-0.1, -0.05) is 11.3 Å². The van der Waals surface area contributed by atoms with Crippen molar-refractivity contribution in [1.29, 1.82) is 0 Å². The Morgan fingerprint density at radius 3 is 2.89 bits per heavy atom. The fraction of sp³-hybridized carbons (Fsp3) is 0.636. The van der Waals surface area contributed by atoms with Crippen molar-refractivity contribution in [2.45, 2.75) is 6.92 Å². The molecule has 7 heteroatoms. The highest BCUT2D eigenvalue weighted by Gasteiger charge is 2.14. The van der Waals surface area contributed by atoms with Crippen LogP contribution in [0.25, 0.3) is 0 Å². The van der Waals surface area contributed by atoms with Crippen molar-refractivity contribution < 1.29 is 9.53 Å². The molecule has 6 nitrogen and oxygen atoms in total. The maximum atomic E-state index is 11.9. The predicted octanol–water partition coefficient (Wildman–Crippen LogP) is 0.0957. The lowest BCUT2D eigenvalue weighted by molar-refractivity contribution is 0.0383. The van der Waals surface area contributed by atoms with Gasteiger partial charge in [-0.3, -0.25) is 9.69 Å². The van der Waals surface area contributed by atoms with Crippen LogP contribution in [0, 0.1) is 6.92 Å². The number of nitrogens with zero attached hydrogens (tertiary/aromatic N) is 2. The number of nitrogens with two attached hydrogens (primary N) is 1. The zero-order valence-electron chi connectivity index (χ0n) is 10.4. The normalized spacial score (nSPS) is 16.7. The molecule has 0 aliphatic carbocycles. The molecule has 100 valence electrons. The molecule has 1 aliphatic heterocycles. The first-order chi connectivity index (χ1) is 8.66. The highest BCUT2D eigenvalue weighted by atomic mass is 32.1. The highest BCUT2D eigenvalue weighted by molar-refractivity contribution is 7.17. The number of carbonyl (C=O) groups is 1. The summed E-state index contributed by atoms with van der Waals surface area (Å²) < 4.78 is 5.27. The molecule has 1 aliphatic rings. The van der Waals surface area contributed by atoms with Crippen LogP contribution < -0.4 is 11.1 Å². The molecule has 1 saturated heterocycles. The van der Waals surface area contributed by atoms with E-state index in [-0.39, 0.29) is 5.91 Å². The summed E-state index contributed by atoms with van der Waals surface area (Å²) in [4.78, 5) is 18.8. The van der Waals surface area contributed by atoms with Crippen molar-refractivity contribution in [3.63, 3.8) is 0 Å². The number of hydrogen-bond acceptors (Lipinski definition) is 6. The molecule has 0 saturated carbocycles. The zero-order valence-corrected chi connectivity index (χ0v) is 11.3. The smallest absolute Gasteiger partial charge is 0.263 e. The predicted molar refractivity (Wildman–Crippen MR) is 70.9 cm³/mol. The summed E-state index contributed by atoms with van der Waals surface area (Å²) >= 11 is 1.23. The van der Waals surface area contributed by atoms with Gasteiger partial charge in [0.2, 0.25) is 0 Å². The van der Waals surface area contributed by atoms with Crippen molar-refractivity contribution in [3.8, 4) is 0 Å². The second kappa shape index (κ2) is 6.12. The first-order valence-electron chi connectivity index (χ1n) is 5.98. The zero-order chi connectivity index (χ0) is 13.0. The molecule has 0 radical (unpaired) electrons. The largest absolute Gasteiger partial charge is 0.379 e. The summed E-state index contributed by atoms with van der Waals surface area (Å²) in [6.07, 6.45) is 0. The van der Waals surface area contributed by atoms with E-state index in [0.717, 1.165) is 32.8 Å². The minimum atomic E-state index is -0.0880. The molecule has 1 amide bonds. The van der Waals surface area contributed by atoms with Crippen molar-refractivity contribution in [1.82, 2.24) is 15.2 Å². The summed E-state index contributed by atoms with van der Waals surface area (Å²) in [5, 5.41) is 3.33. The maximum absolute atomic E-state index is 11.9. The molecule has 1 aromatic heterocycles. The molecular formula is C11H18N4O2S. The van der Waals surface area contributed by atoms with E-state index in [4.69, 9.17) is 10.5 Å². The van der Waals surface area contributed by atoms with Gasteiger partial charge in [0, 0.05) is 26.2 Å². The van der Waals surface area contributed by atoms with Gasteiger partial charge in [0.25, 0.3) is 5.91 Å². The Labute approximate surface area is 110 Å². The maximum Gasteiger partial charge on any atom is 0.263 e. The Balaban J connectivity index is 1.76. The first-order valence-corrected chi connectivity index (χ1v) is 6.79. The molecule has 2 heterocycles. The van der Waals surface area contributed by atoms with Crippen molar-refractivity contribution in [2.75, 3.05) is 45.1 Å². The number of morpholine rings is 1. The highest BCUT2D eigenvalue weighted by Crippen LogP contribution is 2.19. The molecule has 18 heavy (non-hydrogen) atoms. The summed E-state index contributed by atoms with van der Waals surface area (Å²) in [6, 6.07) is 0. The van der Waals surface area contributed by atoms with Crippen LogP contribution in [-0.4, -0.2) is 55.2 Å². The van der Waals surface area contributed by atoms with E-state index >= 15 is 0 Å². The number of rotatable bonds is 4. The number of amides is 1. The minimum absolute atomic E-state index is 0.0880. The molecule has 1 aromatic rings. The number of ether oxygens (including phenoxy) is 1. The second-order valence-electron chi connectivity index (χ2n) is 4.18. The third-order valence-electron chi connectivity index (χ3n) is 2.84. The Morgan fingerprint density at radius 1 is 1.56 bits per heavy atom. The van der Waals surface area contributed by atoms with Crippen LogP contribution in [0.2, 0.25) is 0 Å². The molecule has 0 unspecified atom stereocenters. The number of nitrogens with one attached hydrogen (secondary N) is 1. The van der Waals surface area contributed by atoms with Gasteiger partial charge in [0.05, 0.1) is 18.9 Å². The summed E-state index contributed by atoms with van der Waals surface area (Å²) in [6.45, 7) is 6.70. The third-order valence-corrected chi connectivity index (χ3v) is 3.82. The van der Waals surface area contributed by atoms with Gasteiger partial charge in [-0.25, -0.2) is 4.98 Å². The molecule has 0 spiro atoms. The SMILES string of the molecule is Cc1nc(N)sc1C(=O)NCCN1CCOCC1. The molecule has 3 N–H and O–H groups in total. The van der Waals surface area contributed by atoms with Crippen LogP contribution in [0.1, 0.15) is 15.4 Å². The van der Waals surface area contributed by atoms with Gasteiger partial charge in [0.15, 0.2) is 5.13 Å². The van der Waals surface area contributed by atoms with Gasteiger partial charge in [0.1, 0.15) is 4.88 Å². The van der Waals surface area contributed by atoms with E-state index in [1.165, 1.54) is 11.3 Å². The van der Waals surface area contributed by atoms with Gasteiger partial charge >= 0.3 is 0 Å². The van der Waals surface area contributed by atoms with Gasteiger partial charge < -0.3 is 15.8 Å². The molecule has 2 rings (SSSR count). The molecule has 0 bridgehead atoms. The number of thiazole rings is 1. The van der Waals surface area contributed by atoms with Crippen LogP contribution in [0.3, 0.4) is 0 Å². The topological polar surface area (TPSA) is 80.5 Å². The van der Waals surface area contributed by atoms with E-state index in [9.17, 15) is 4.79 Å². The lowest BCUT2D eigenvalue weighted by Crippen LogP contribution is -2.41. The van der Waals surface area contributed by atoms with E-state index in [0.29, 0.717) is 22.2 Å². The Bertz CT molecular complexity index is 415. The van der Waals surface area contributed by atoms with E-state index in [1.807, 2.05) is 0 Å². The molecular weight excluding hydrogens is 252 g/mol. The van der Waals surface area contributed by atoms with Crippen molar-refractivity contribution in [3.05, 3.63) is 10.6 Å². The van der Waals surface area contributed by atoms with Gasteiger partial charge in [-0.05, 0) is 6.92 Å². The average molecular weight is 270 g/mol. The second-order valence-corrected chi connectivity index (χ2v) is 5.21. The van der Waals surface area contributed by atoms with Crippen LogP contribution in [-0.2, 0) is 4.74 Å². The van der Waals surface area contributed by atoms with E-state index in [2.05, 4.69) is 15.2 Å². The fourth-order valence-electron chi connectivity index (χ4n) is 1.86. The van der Waals surface area contributed by atoms with Crippen LogP contribution >= 0.6 is 11.3 Å². The monoisotopic (exact) mass is 270 g/mol. The Hall–Kier alpha value is -1.18. The number of anilines is 1. The molecule has 0 aromatic carbocycles. The van der Waals surface area contributed by atoms with Crippen molar-refractivity contribution in [2.24, 2.45) is 0 Å². The van der Waals surface area contributed by atoms with Crippen LogP contribution in [0.15, 0.2) is 0 Å². The quantitative estimate of drug-likeness (QED) is 0.811. The van der Waals surface area contributed by atoms with Gasteiger partial charge in [-0.2, -0.15) is 0 Å². The van der Waals surface area contributed by atoms with Crippen LogP contribution in [0.4, 0.5) is 5.13 Å². The number of hydrogen-bond donors (Lipinski definition) is 2. The summed E-state index contributed by atoms with van der Waals surface area (Å²) in [7, 11) is 0. The Morgan fingerprint density at radius 2 is 2.28 bits per heavy atom. The number of aryl methyl sites for hydroxylation is 1.